The zero-order valence-corrected chi connectivity index (χ0v) is 24.1. The predicted octanol–water partition coefficient (Wildman–Crippen LogP) is 6.51. The molecule has 7 rings (SSSR count). The number of hydrogen-bond donors (Lipinski definition) is 0. The highest BCUT2D eigenvalue weighted by atomic mass is 16.5. The van der Waals surface area contributed by atoms with Gasteiger partial charge < -0.3 is 9.30 Å². The highest BCUT2D eigenvalue weighted by Crippen LogP contribution is 2.49. The maximum atomic E-state index is 12.3. The van der Waals surface area contributed by atoms with E-state index >= 15 is 0 Å². The first-order valence-corrected chi connectivity index (χ1v) is 16.1. The van der Waals surface area contributed by atoms with Crippen LogP contribution in [0, 0.1) is 17.8 Å². The van der Waals surface area contributed by atoms with E-state index in [1.165, 1.54) is 89.1 Å². The number of para-hydroxylation sites is 2. The summed E-state index contributed by atoms with van der Waals surface area (Å²) in [5.74, 6) is 3.74. The third kappa shape index (κ3) is 4.84. The minimum absolute atomic E-state index is 0.144. The average molecular weight is 533 g/mol. The van der Waals surface area contributed by atoms with Crippen molar-refractivity contribution in [2.24, 2.45) is 17.8 Å². The summed E-state index contributed by atoms with van der Waals surface area (Å²) in [5.41, 5.74) is 2.39. The second-order valence-corrected chi connectivity index (χ2v) is 13.8. The Morgan fingerprint density at radius 1 is 0.897 bits per heavy atom. The van der Waals surface area contributed by atoms with Crippen LogP contribution in [0.3, 0.4) is 0 Å². The Kier molecular flexibility index (Phi) is 7.21. The summed E-state index contributed by atoms with van der Waals surface area (Å²) < 4.78 is 7.70. The summed E-state index contributed by atoms with van der Waals surface area (Å²) in [6.07, 6.45) is 17.7. The molecule has 3 aliphatic heterocycles. The molecular weight excluding hydrogens is 484 g/mol. The number of ether oxygens (including phenoxy) is 1. The van der Waals surface area contributed by atoms with Crippen LogP contribution in [0.5, 0.6) is 0 Å². The zero-order chi connectivity index (χ0) is 26.5. The molecule has 0 N–H and O–H groups in total. The average Bonchev–Trinajstić information content (AvgIpc) is 3.52. The van der Waals surface area contributed by atoms with Gasteiger partial charge in [-0.25, -0.2) is 4.98 Å². The number of esters is 1. The van der Waals surface area contributed by atoms with E-state index in [0.717, 1.165) is 48.7 Å². The lowest BCUT2D eigenvalue weighted by Gasteiger charge is -2.56. The van der Waals surface area contributed by atoms with Crippen molar-refractivity contribution in [2.75, 3.05) is 20.2 Å². The number of piperidine rings is 2. The maximum absolute atomic E-state index is 12.3. The monoisotopic (exact) mass is 532 g/mol. The summed E-state index contributed by atoms with van der Waals surface area (Å²) in [7, 11) is 1.50. The Labute approximate surface area is 234 Å². The Bertz CT molecular complexity index is 1160. The second-order valence-electron chi connectivity index (χ2n) is 13.8. The molecule has 8 atom stereocenters. The van der Waals surface area contributed by atoms with Crippen molar-refractivity contribution in [2.45, 2.75) is 121 Å². The van der Waals surface area contributed by atoms with Gasteiger partial charge in [-0.1, -0.05) is 44.7 Å². The number of carbonyl (C=O) groups is 1. The third-order valence-corrected chi connectivity index (χ3v) is 11.5. The molecule has 2 saturated carbocycles. The smallest absolute Gasteiger partial charge is 0.319 e. The highest BCUT2D eigenvalue weighted by molar-refractivity contribution is 5.76. The fraction of sp³-hybridized carbons (Fsp3) is 0.758. The van der Waals surface area contributed by atoms with Crippen LogP contribution in [-0.4, -0.2) is 63.6 Å². The molecule has 2 aliphatic carbocycles. The zero-order valence-electron chi connectivity index (χ0n) is 24.1. The van der Waals surface area contributed by atoms with E-state index in [-0.39, 0.29) is 12.0 Å². The van der Waals surface area contributed by atoms with Gasteiger partial charge in [0.2, 0.25) is 0 Å². The molecule has 1 unspecified atom stereocenters. The molecule has 6 nitrogen and oxygen atoms in total. The molecule has 212 valence electrons. The summed E-state index contributed by atoms with van der Waals surface area (Å²) in [6.45, 7) is 3.83. The van der Waals surface area contributed by atoms with Crippen LogP contribution in [0.2, 0.25) is 0 Å². The van der Waals surface area contributed by atoms with Crippen molar-refractivity contribution >= 4 is 17.0 Å². The van der Waals surface area contributed by atoms with Crippen molar-refractivity contribution in [3.8, 4) is 0 Å². The molecule has 0 spiro atoms. The summed E-state index contributed by atoms with van der Waals surface area (Å²) in [5, 5.41) is 0. The topological polar surface area (TPSA) is 50.6 Å². The molecule has 1 aromatic carbocycles. The Morgan fingerprint density at radius 3 is 2.49 bits per heavy atom. The van der Waals surface area contributed by atoms with E-state index in [0.29, 0.717) is 24.7 Å². The van der Waals surface area contributed by atoms with Gasteiger partial charge in [0.25, 0.3) is 0 Å². The minimum atomic E-state index is -0.144. The Balaban J connectivity index is 1.21. The fourth-order valence-corrected chi connectivity index (χ4v) is 9.75. The van der Waals surface area contributed by atoms with Gasteiger partial charge in [0.1, 0.15) is 5.82 Å². The summed E-state index contributed by atoms with van der Waals surface area (Å²) in [6, 6.07) is 11.6. The van der Waals surface area contributed by atoms with Gasteiger partial charge in [-0.3, -0.25) is 14.6 Å². The second kappa shape index (κ2) is 10.8. The van der Waals surface area contributed by atoms with Crippen molar-refractivity contribution in [3.05, 3.63) is 30.1 Å². The van der Waals surface area contributed by atoms with E-state index < -0.39 is 0 Å². The molecule has 4 bridgehead atoms. The van der Waals surface area contributed by atoms with Gasteiger partial charge in [-0.15, -0.1) is 0 Å². The van der Waals surface area contributed by atoms with Gasteiger partial charge in [0.05, 0.1) is 30.7 Å². The van der Waals surface area contributed by atoms with Crippen molar-refractivity contribution in [1.29, 1.82) is 0 Å². The Morgan fingerprint density at radius 2 is 1.69 bits per heavy atom. The van der Waals surface area contributed by atoms with Crippen molar-refractivity contribution < 1.29 is 9.53 Å². The predicted molar refractivity (Wildman–Crippen MR) is 154 cm³/mol. The van der Waals surface area contributed by atoms with Gasteiger partial charge in [0, 0.05) is 24.2 Å². The summed E-state index contributed by atoms with van der Waals surface area (Å²) in [4.78, 5) is 22.9. The number of carbonyl (C=O) groups excluding carboxylic acids is 1. The molecule has 0 amide bonds. The molecule has 6 heteroatoms. The molecule has 4 heterocycles. The largest absolute Gasteiger partial charge is 0.468 e. The van der Waals surface area contributed by atoms with Crippen LogP contribution in [0.15, 0.2) is 24.3 Å². The molecule has 1 aromatic heterocycles. The van der Waals surface area contributed by atoms with E-state index in [9.17, 15) is 4.79 Å². The molecular formula is C33H48N4O2. The minimum Gasteiger partial charge on any atom is -0.468 e. The third-order valence-electron chi connectivity index (χ3n) is 11.5. The first-order chi connectivity index (χ1) is 19.1. The lowest BCUT2D eigenvalue weighted by atomic mass is 9.71. The van der Waals surface area contributed by atoms with Crippen LogP contribution in [0.4, 0.5) is 0 Å². The number of rotatable bonds is 5. The fourth-order valence-electron chi connectivity index (χ4n) is 9.75. The van der Waals surface area contributed by atoms with Crippen LogP contribution in [0.25, 0.3) is 11.0 Å². The van der Waals surface area contributed by atoms with Crippen LogP contribution in [0.1, 0.15) is 108 Å². The van der Waals surface area contributed by atoms with Crippen molar-refractivity contribution in [3.63, 3.8) is 0 Å². The van der Waals surface area contributed by atoms with Crippen molar-refractivity contribution in [1.82, 2.24) is 19.4 Å². The van der Waals surface area contributed by atoms with E-state index in [1.807, 2.05) is 0 Å². The SMILES string of the molecule is COC(=O)CN1CCC[C@H]1c1nc2ccccc2n1[C@@H]1C[C@@H]2CC[C@@H](C)[C@H](C1)N2C1C[C@H]2CCCC[C@@H](C1)C2. The molecule has 3 saturated heterocycles. The molecule has 2 aromatic rings. The standard InChI is InChI=1S/C33H48N4O2/c1-22-13-14-25-19-27(20-31(22)36(25)26-17-23-8-3-4-9-24(16-23)18-26)37-29-11-6-5-10-28(29)34-33(37)30-12-7-15-35(30)21-32(38)39-2/h5-6,10-11,22-27,30-31H,3-4,7-9,12-21H2,1-2H3/t22-,23-,24+,25+,26?,27-,30+,31+/m1/s1. The molecule has 5 aliphatic rings. The molecule has 39 heavy (non-hydrogen) atoms. The number of fused-ring (bicyclic) bond motifs is 5. The molecule has 5 fully saturated rings. The summed E-state index contributed by atoms with van der Waals surface area (Å²) >= 11 is 0. The van der Waals surface area contributed by atoms with Gasteiger partial charge in [0.15, 0.2) is 0 Å². The number of benzene rings is 1. The number of imidazole rings is 1. The van der Waals surface area contributed by atoms with Crippen LogP contribution >= 0.6 is 0 Å². The number of aromatic nitrogens is 2. The highest BCUT2D eigenvalue weighted by Gasteiger charge is 2.48. The van der Waals surface area contributed by atoms with E-state index in [1.54, 1.807) is 0 Å². The number of likely N-dealkylation sites (tertiary alicyclic amines) is 1. The van der Waals surface area contributed by atoms with E-state index in [2.05, 4.69) is 45.6 Å². The van der Waals surface area contributed by atoms with Crippen LogP contribution in [-0.2, 0) is 9.53 Å². The first kappa shape index (κ1) is 26.0. The normalized spacial score (nSPS) is 37.6. The van der Waals surface area contributed by atoms with Crippen LogP contribution < -0.4 is 0 Å². The Hall–Kier alpha value is -1.92. The van der Waals surface area contributed by atoms with Gasteiger partial charge in [-0.05, 0) is 94.2 Å². The lowest BCUT2D eigenvalue weighted by molar-refractivity contribution is -0.142. The maximum Gasteiger partial charge on any atom is 0.319 e. The number of nitrogens with zero attached hydrogens (tertiary/aromatic N) is 4. The quantitative estimate of drug-likeness (QED) is 0.411. The number of methoxy groups -OCH3 is 1. The van der Waals surface area contributed by atoms with Gasteiger partial charge >= 0.3 is 5.97 Å². The van der Waals surface area contributed by atoms with E-state index in [4.69, 9.17) is 9.72 Å². The van der Waals surface area contributed by atoms with Gasteiger partial charge in [-0.2, -0.15) is 0 Å². The number of hydrogen-bond acceptors (Lipinski definition) is 5. The molecule has 0 radical (unpaired) electrons. The lowest BCUT2D eigenvalue weighted by Crippen LogP contribution is -2.60. The first-order valence-electron chi connectivity index (χ1n) is 16.1.